The summed E-state index contributed by atoms with van der Waals surface area (Å²) in [5.74, 6) is 2.04. The van der Waals surface area contributed by atoms with Crippen LogP contribution in [0.1, 0.15) is 24.5 Å². The monoisotopic (exact) mass is 309 g/mol. The third-order valence-electron chi connectivity index (χ3n) is 3.31. The van der Waals surface area contributed by atoms with Gasteiger partial charge in [0.05, 0.1) is 6.20 Å². The highest BCUT2D eigenvalue weighted by Crippen LogP contribution is 2.39. The molecule has 22 heavy (non-hydrogen) atoms. The molecule has 2 heterocycles. The SMILES string of the molecule is [c]1ccc(Sc2nncc(Nc3cc(C4CC4)[nH]n3)n2)cc1. The molecule has 2 aromatic heterocycles. The minimum absolute atomic E-state index is 0.592. The summed E-state index contributed by atoms with van der Waals surface area (Å²) in [5, 5.41) is 19.1. The summed E-state index contributed by atoms with van der Waals surface area (Å²) in [6.07, 6.45) is 4.08. The van der Waals surface area contributed by atoms with Gasteiger partial charge >= 0.3 is 0 Å². The van der Waals surface area contributed by atoms with E-state index in [1.54, 1.807) is 6.20 Å². The molecule has 0 amide bonds. The minimum Gasteiger partial charge on any atom is -0.322 e. The number of hydrogen-bond donors (Lipinski definition) is 2. The van der Waals surface area contributed by atoms with Gasteiger partial charge < -0.3 is 5.32 Å². The number of hydrogen-bond acceptors (Lipinski definition) is 6. The van der Waals surface area contributed by atoms with Gasteiger partial charge in [-0.15, -0.1) is 5.10 Å². The standard InChI is InChI=1S/C15H13N6S/c1-2-4-11(5-3-1)22-15-18-14(9-16-21-15)17-13-8-12(19-20-13)10-6-7-10/h2-5,8-10H,6-7H2,(H2,17,18,19,20,21). The number of anilines is 2. The first-order valence-electron chi connectivity index (χ1n) is 7.03. The van der Waals surface area contributed by atoms with Crippen molar-refractivity contribution >= 4 is 23.4 Å². The van der Waals surface area contributed by atoms with Gasteiger partial charge in [-0.3, -0.25) is 5.10 Å². The van der Waals surface area contributed by atoms with Crippen molar-refractivity contribution in [2.75, 3.05) is 5.32 Å². The molecule has 1 radical (unpaired) electrons. The van der Waals surface area contributed by atoms with Crippen molar-refractivity contribution in [1.29, 1.82) is 0 Å². The lowest BCUT2D eigenvalue weighted by Gasteiger charge is -2.03. The third-order valence-corrected chi connectivity index (χ3v) is 4.17. The Hall–Kier alpha value is -2.41. The lowest BCUT2D eigenvalue weighted by atomic mass is 10.3. The lowest BCUT2D eigenvalue weighted by Crippen LogP contribution is -1.98. The average Bonchev–Trinajstić information content (AvgIpc) is 3.29. The molecule has 0 bridgehead atoms. The Labute approximate surface area is 131 Å². The van der Waals surface area contributed by atoms with Crippen LogP contribution in [0.5, 0.6) is 0 Å². The molecule has 6 nitrogen and oxygen atoms in total. The van der Waals surface area contributed by atoms with E-state index in [1.165, 1.54) is 30.3 Å². The van der Waals surface area contributed by atoms with Gasteiger partial charge in [0.15, 0.2) is 11.6 Å². The maximum absolute atomic E-state index is 4.45. The van der Waals surface area contributed by atoms with E-state index in [2.05, 4.69) is 36.8 Å². The highest BCUT2D eigenvalue weighted by Gasteiger charge is 2.25. The Balaban J connectivity index is 1.48. The summed E-state index contributed by atoms with van der Waals surface area (Å²) < 4.78 is 0. The fraction of sp³-hybridized carbons (Fsp3) is 0.200. The fourth-order valence-electron chi connectivity index (χ4n) is 2.07. The first-order valence-corrected chi connectivity index (χ1v) is 7.84. The Morgan fingerprint density at radius 3 is 2.91 bits per heavy atom. The van der Waals surface area contributed by atoms with Gasteiger partial charge in [0, 0.05) is 22.6 Å². The van der Waals surface area contributed by atoms with Crippen LogP contribution in [-0.2, 0) is 0 Å². The molecule has 7 heteroatoms. The van der Waals surface area contributed by atoms with E-state index < -0.39 is 0 Å². The molecule has 0 saturated heterocycles. The molecule has 1 aromatic carbocycles. The number of nitrogens with one attached hydrogen (secondary N) is 2. The Morgan fingerprint density at radius 2 is 2.09 bits per heavy atom. The summed E-state index contributed by atoms with van der Waals surface area (Å²) in [5.41, 5.74) is 1.18. The number of aromatic nitrogens is 5. The first-order chi connectivity index (χ1) is 10.9. The van der Waals surface area contributed by atoms with Gasteiger partial charge in [-0.05, 0) is 42.8 Å². The number of benzene rings is 1. The smallest absolute Gasteiger partial charge is 0.215 e. The molecule has 3 aromatic rings. The van der Waals surface area contributed by atoms with Gasteiger partial charge in [-0.2, -0.15) is 10.2 Å². The number of rotatable bonds is 5. The van der Waals surface area contributed by atoms with Crippen LogP contribution in [0.2, 0.25) is 0 Å². The third kappa shape index (κ3) is 3.09. The quantitative estimate of drug-likeness (QED) is 0.753. The van der Waals surface area contributed by atoms with Crippen LogP contribution in [-0.4, -0.2) is 25.4 Å². The molecule has 4 rings (SSSR count). The molecule has 2 N–H and O–H groups in total. The van der Waals surface area contributed by atoms with E-state index >= 15 is 0 Å². The largest absolute Gasteiger partial charge is 0.322 e. The maximum Gasteiger partial charge on any atom is 0.215 e. The molecule has 1 aliphatic rings. The predicted octanol–water partition coefficient (Wildman–Crippen LogP) is 3.17. The summed E-state index contributed by atoms with van der Waals surface area (Å²) in [6.45, 7) is 0. The zero-order chi connectivity index (χ0) is 14.8. The van der Waals surface area contributed by atoms with Crippen LogP contribution in [0, 0.1) is 6.07 Å². The second-order valence-corrected chi connectivity index (χ2v) is 6.11. The molecular weight excluding hydrogens is 296 g/mol. The topological polar surface area (TPSA) is 79.4 Å². The summed E-state index contributed by atoms with van der Waals surface area (Å²) in [4.78, 5) is 5.50. The second kappa shape index (κ2) is 5.76. The first kappa shape index (κ1) is 13.3. The van der Waals surface area contributed by atoms with Gasteiger partial charge in [0.1, 0.15) is 0 Å². The van der Waals surface area contributed by atoms with Crippen molar-refractivity contribution in [2.45, 2.75) is 28.8 Å². The van der Waals surface area contributed by atoms with E-state index in [0.717, 1.165) is 10.7 Å². The Bertz CT molecular complexity index is 768. The van der Waals surface area contributed by atoms with E-state index in [4.69, 9.17) is 0 Å². The van der Waals surface area contributed by atoms with Crippen LogP contribution in [0.4, 0.5) is 11.6 Å². The van der Waals surface area contributed by atoms with Crippen molar-refractivity contribution in [2.24, 2.45) is 0 Å². The summed E-state index contributed by atoms with van der Waals surface area (Å²) >= 11 is 1.46. The Kier molecular flexibility index (Phi) is 3.48. The van der Waals surface area contributed by atoms with Crippen molar-refractivity contribution < 1.29 is 0 Å². The average molecular weight is 309 g/mol. The van der Waals surface area contributed by atoms with Crippen molar-refractivity contribution in [3.05, 3.63) is 48.3 Å². The van der Waals surface area contributed by atoms with Crippen LogP contribution >= 0.6 is 11.8 Å². The van der Waals surface area contributed by atoms with Gasteiger partial charge in [0.2, 0.25) is 5.16 Å². The van der Waals surface area contributed by atoms with Crippen LogP contribution in [0.15, 0.2) is 46.6 Å². The lowest BCUT2D eigenvalue weighted by molar-refractivity contribution is 0.843. The second-order valence-electron chi connectivity index (χ2n) is 5.07. The predicted molar refractivity (Wildman–Crippen MR) is 83.1 cm³/mol. The minimum atomic E-state index is 0.592. The molecule has 0 atom stereocenters. The molecule has 0 unspecified atom stereocenters. The Morgan fingerprint density at radius 1 is 1.23 bits per heavy atom. The maximum atomic E-state index is 4.45. The molecular formula is C15H13N6S. The number of nitrogens with zero attached hydrogens (tertiary/aromatic N) is 4. The molecule has 0 aliphatic heterocycles. The molecule has 1 fully saturated rings. The number of aromatic amines is 1. The molecule has 0 spiro atoms. The van der Waals surface area contributed by atoms with E-state index in [-0.39, 0.29) is 0 Å². The highest BCUT2D eigenvalue weighted by molar-refractivity contribution is 7.99. The van der Waals surface area contributed by atoms with E-state index in [0.29, 0.717) is 16.9 Å². The van der Waals surface area contributed by atoms with E-state index in [1.807, 2.05) is 30.3 Å². The highest BCUT2D eigenvalue weighted by atomic mass is 32.2. The van der Waals surface area contributed by atoms with Crippen LogP contribution in [0.25, 0.3) is 0 Å². The molecule has 1 saturated carbocycles. The van der Waals surface area contributed by atoms with Gasteiger partial charge in [0.25, 0.3) is 0 Å². The summed E-state index contributed by atoms with van der Waals surface area (Å²) in [7, 11) is 0. The normalized spacial score (nSPS) is 14.0. The van der Waals surface area contributed by atoms with E-state index in [9.17, 15) is 0 Å². The van der Waals surface area contributed by atoms with Crippen molar-refractivity contribution in [3.8, 4) is 0 Å². The van der Waals surface area contributed by atoms with Crippen molar-refractivity contribution in [1.82, 2.24) is 25.4 Å². The molecule has 1 aliphatic carbocycles. The van der Waals surface area contributed by atoms with Crippen molar-refractivity contribution in [3.63, 3.8) is 0 Å². The van der Waals surface area contributed by atoms with Gasteiger partial charge in [-0.1, -0.05) is 12.1 Å². The van der Waals surface area contributed by atoms with Crippen LogP contribution in [0.3, 0.4) is 0 Å². The number of H-pyrrole nitrogens is 1. The zero-order valence-corrected chi connectivity index (χ0v) is 12.5. The summed E-state index contributed by atoms with van der Waals surface area (Å²) in [6, 6.07) is 12.7. The molecule has 109 valence electrons. The van der Waals surface area contributed by atoms with Crippen LogP contribution < -0.4 is 5.32 Å². The van der Waals surface area contributed by atoms with Gasteiger partial charge in [-0.25, -0.2) is 4.98 Å². The fourth-order valence-corrected chi connectivity index (χ4v) is 2.79. The zero-order valence-electron chi connectivity index (χ0n) is 11.7.